The number of carbonyl (C=O) groups is 1. The van der Waals surface area contributed by atoms with Gasteiger partial charge in [-0.15, -0.1) is 0 Å². The molecule has 0 bridgehead atoms. The highest BCUT2D eigenvalue weighted by Gasteiger charge is 2.43. The van der Waals surface area contributed by atoms with E-state index in [1.807, 2.05) is 0 Å². The molecule has 1 fully saturated rings. The lowest BCUT2D eigenvalue weighted by atomic mass is 9.69. The van der Waals surface area contributed by atoms with Crippen LogP contribution >= 0.6 is 11.6 Å². The topological polar surface area (TPSA) is 46.5 Å². The van der Waals surface area contributed by atoms with E-state index >= 15 is 0 Å². The third kappa shape index (κ3) is 2.41. The summed E-state index contributed by atoms with van der Waals surface area (Å²) >= 11 is 5.81. The normalized spacial score (nSPS) is 18.1. The number of methoxy groups -OCH3 is 1. The van der Waals surface area contributed by atoms with Gasteiger partial charge >= 0.3 is 5.97 Å². The third-order valence-corrected chi connectivity index (χ3v) is 4.16. The largest absolute Gasteiger partial charge is 0.496 e. The second-order valence-corrected chi connectivity index (χ2v) is 5.32. The molecule has 1 N–H and O–H groups in total. The molecule has 0 atom stereocenters. The minimum Gasteiger partial charge on any atom is -0.496 e. The smallest absolute Gasteiger partial charge is 0.314 e. The van der Waals surface area contributed by atoms with E-state index in [1.165, 1.54) is 13.2 Å². The molecule has 0 saturated heterocycles. The van der Waals surface area contributed by atoms with Crippen molar-refractivity contribution in [2.75, 3.05) is 7.11 Å². The standard InChI is InChI=1S/C14H16ClFO3/c1-19-12-8-11(16)10(15)7-9(12)14(13(17)18)5-3-2-4-6-14/h7-8H,2-6H2,1H3,(H,17,18). The molecule has 0 radical (unpaired) electrons. The van der Waals surface area contributed by atoms with E-state index in [4.69, 9.17) is 16.3 Å². The average molecular weight is 287 g/mol. The highest BCUT2D eigenvalue weighted by atomic mass is 35.5. The van der Waals surface area contributed by atoms with Crippen LogP contribution in [-0.4, -0.2) is 18.2 Å². The van der Waals surface area contributed by atoms with Crippen LogP contribution in [0.2, 0.25) is 5.02 Å². The second kappa shape index (κ2) is 5.37. The van der Waals surface area contributed by atoms with Gasteiger partial charge in [0.05, 0.1) is 17.5 Å². The van der Waals surface area contributed by atoms with E-state index < -0.39 is 17.2 Å². The Morgan fingerprint density at radius 3 is 2.53 bits per heavy atom. The molecular formula is C14H16ClFO3. The zero-order chi connectivity index (χ0) is 14.0. The first-order chi connectivity index (χ1) is 9.01. The predicted molar refractivity (Wildman–Crippen MR) is 70.4 cm³/mol. The first-order valence-corrected chi connectivity index (χ1v) is 6.66. The number of rotatable bonds is 3. The Morgan fingerprint density at radius 1 is 1.37 bits per heavy atom. The minimum absolute atomic E-state index is 0.0676. The van der Waals surface area contributed by atoms with Gasteiger partial charge in [-0.2, -0.15) is 0 Å². The maximum atomic E-state index is 13.5. The number of hydrogen-bond donors (Lipinski definition) is 1. The molecule has 1 aliphatic carbocycles. The predicted octanol–water partition coefficient (Wildman–Crippen LogP) is 3.77. The maximum absolute atomic E-state index is 13.5. The van der Waals surface area contributed by atoms with Crippen molar-refractivity contribution in [2.45, 2.75) is 37.5 Å². The van der Waals surface area contributed by atoms with Gasteiger partial charge in [-0.05, 0) is 18.9 Å². The summed E-state index contributed by atoms with van der Waals surface area (Å²) in [6, 6.07) is 2.56. The zero-order valence-corrected chi connectivity index (χ0v) is 11.5. The quantitative estimate of drug-likeness (QED) is 0.920. The summed E-state index contributed by atoms with van der Waals surface area (Å²) in [7, 11) is 1.41. The fourth-order valence-corrected chi connectivity index (χ4v) is 2.99. The monoisotopic (exact) mass is 286 g/mol. The molecule has 2 rings (SSSR count). The van der Waals surface area contributed by atoms with Crippen LogP contribution in [0.1, 0.15) is 37.7 Å². The highest BCUT2D eigenvalue weighted by Crippen LogP contribution is 2.44. The number of halogens is 2. The summed E-state index contributed by atoms with van der Waals surface area (Å²) < 4.78 is 18.6. The SMILES string of the molecule is COc1cc(F)c(Cl)cc1C1(C(=O)O)CCCCC1. The lowest BCUT2D eigenvalue weighted by molar-refractivity contribution is -0.145. The fraction of sp³-hybridized carbons (Fsp3) is 0.500. The number of aliphatic carboxylic acids is 1. The van der Waals surface area contributed by atoms with E-state index in [-0.39, 0.29) is 10.8 Å². The van der Waals surface area contributed by atoms with Crippen LogP contribution in [0.5, 0.6) is 5.75 Å². The summed E-state index contributed by atoms with van der Waals surface area (Å²) in [6.07, 6.45) is 3.75. The Bertz CT molecular complexity index is 496. The van der Waals surface area contributed by atoms with Crippen molar-refractivity contribution >= 4 is 17.6 Å². The Hall–Kier alpha value is -1.29. The van der Waals surface area contributed by atoms with Crippen molar-refractivity contribution < 1.29 is 19.0 Å². The molecule has 0 amide bonds. The van der Waals surface area contributed by atoms with Gasteiger partial charge in [0.1, 0.15) is 11.6 Å². The van der Waals surface area contributed by atoms with Crippen LogP contribution in [0, 0.1) is 5.82 Å². The van der Waals surface area contributed by atoms with Crippen molar-refractivity contribution in [3.05, 3.63) is 28.5 Å². The summed E-state index contributed by atoms with van der Waals surface area (Å²) in [5.41, 5.74) is -0.533. The molecule has 1 saturated carbocycles. The van der Waals surface area contributed by atoms with E-state index in [2.05, 4.69) is 0 Å². The molecule has 0 spiro atoms. The van der Waals surface area contributed by atoms with Crippen LogP contribution in [0.3, 0.4) is 0 Å². The zero-order valence-electron chi connectivity index (χ0n) is 10.7. The van der Waals surface area contributed by atoms with Gasteiger partial charge < -0.3 is 9.84 Å². The highest BCUT2D eigenvalue weighted by molar-refractivity contribution is 6.30. The molecule has 0 aromatic heterocycles. The van der Waals surface area contributed by atoms with Gasteiger partial charge in [0, 0.05) is 11.6 Å². The van der Waals surface area contributed by atoms with Crippen molar-refractivity contribution in [3.63, 3.8) is 0 Å². The molecule has 0 heterocycles. The first-order valence-electron chi connectivity index (χ1n) is 6.28. The van der Waals surface area contributed by atoms with Gasteiger partial charge in [0.15, 0.2) is 0 Å². The van der Waals surface area contributed by atoms with E-state index in [1.54, 1.807) is 0 Å². The molecule has 3 nitrogen and oxygen atoms in total. The van der Waals surface area contributed by atoms with Crippen LogP contribution in [0.15, 0.2) is 12.1 Å². The second-order valence-electron chi connectivity index (χ2n) is 4.91. The van der Waals surface area contributed by atoms with Crippen LogP contribution in [0.4, 0.5) is 4.39 Å². The third-order valence-electron chi connectivity index (χ3n) is 3.87. The molecule has 104 valence electrons. The molecule has 1 aromatic carbocycles. The van der Waals surface area contributed by atoms with Crippen molar-refractivity contribution in [1.29, 1.82) is 0 Å². The van der Waals surface area contributed by atoms with Crippen LogP contribution in [0.25, 0.3) is 0 Å². The van der Waals surface area contributed by atoms with Gasteiger partial charge in [0.2, 0.25) is 0 Å². The van der Waals surface area contributed by atoms with Gasteiger partial charge in [-0.3, -0.25) is 4.79 Å². The van der Waals surface area contributed by atoms with Crippen molar-refractivity contribution in [3.8, 4) is 5.75 Å². The number of benzene rings is 1. The molecule has 19 heavy (non-hydrogen) atoms. The average Bonchev–Trinajstić information content (AvgIpc) is 2.42. The van der Waals surface area contributed by atoms with Gasteiger partial charge in [0.25, 0.3) is 0 Å². The molecule has 0 aliphatic heterocycles. The Morgan fingerprint density at radius 2 is 2.00 bits per heavy atom. The summed E-state index contributed by atoms with van der Waals surface area (Å²) in [5.74, 6) is -1.24. The molecule has 1 aliphatic rings. The van der Waals surface area contributed by atoms with Crippen LogP contribution < -0.4 is 4.74 Å². The van der Waals surface area contributed by atoms with Crippen molar-refractivity contribution in [2.24, 2.45) is 0 Å². The lowest BCUT2D eigenvalue weighted by Gasteiger charge is -2.34. The van der Waals surface area contributed by atoms with Gasteiger partial charge in [-0.1, -0.05) is 30.9 Å². The Labute approximate surface area is 116 Å². The van der Waals surface area contributed by atoms with Gasteiger partial charge in [-0.25, -0.2) is 4.39 Å². The summed E-state index contributed by atoms with van der Waals surface area (Å²) in [4.78, 5) is 11.7. The molecule has 5 heteroatoms. The first kappa shape index (κ1) is 14.1. The number of ether oxygens (including phenoxy) is 1. The number of carboxylic acids is 1. The minimum atomic E-state index is -1.01. The van der Waals surface area contributed by atoms with E-state index in [9.17, 15) is 14.3 Å². The molecular weight excluding hydrogens is 271 g/mol. The molecule has 1 aromatic rings. The lowest BCUT2D eigenvalue weighted by Crippen LogP contribution is -2.38. The number of carboxylic acid groups (broad SMARTS) is 1. The summed E-state index contributed by atoms with van der Waals surface area (Å²) in [6.45, 7) is 0. The number of hydrogen-bond acceptors (Lipinski definition) is 2. The fourth-order valence-electron chi connectivity index (χ4n) is 2.83. The summed E-state index contributed by atoms with van der Waals surface area (Å²) in [5, 5.41) is 9.56. The molecule has 0 unspecified atom stereocenters. The maximum Gasteiger partial charge on any atom is 0.314 e. The Balaban J connectivity index is 2.59. The Kier molecular flexibility index (Phi) is 3.99. The van der Waals surface area contributed by atoms with Crippen LogP contribution in [-0.2, 0) is 10.2 Å². The van der Waals surface area contributed by atoms with Crippen molar-refractivity contribution in [1.82, 2.24) is 0 Å². The van der Waals surface area contributed by atoms with E-state index in [0.29, 0.717) is 18.4 Å². The van der Waals surface area contributed by atoms with E-state index in [0.717, 1.165) is 25.3 Å².